The van der Waals surface area contributed by atoms with E-state index in [9.17, 15) is 13.2 Å². The van der Waals surface area contributed by atoms with Crippen molar-refractivity contribution < 1.29 is 22.7 Å². The average molecular weight is 488 g/mol. The van der Waals surface area contributed by atoms with Gasteiger partial charge in [-0.2, -0.15) is 13.1 Å². The first-order valence-electron chi connectivity index (χ1n) is 11.3. The van der Waals surface area contributed by atoms with E-state index in [-0.39, 0.29) is 24.7 Å². The van der Waals surface area contributed by atoms with Crippen LogP contribution in [0.2, 0.25) is 0 Å². The Morgan fingerprint density at radius 2 is 1.88 bits per heavy atom. The van der Waals surface area contributed by atoms with Crippen LogP contribution in [0.1, 0.15) is 34.8 Å². The van der Waals surface area contributed by atoms with Gasteiger partial charge >= 0.3 is 0 Å². The van der Waals surface area contributed by atoms with Gasteiger partial charge in [0.15, 0.2) is 0 Å². The number of hydrogen-bond donors (Lipinski definition) is 2. The van der Waals surface area contributed by atoms with E-state index in [0.717, 1.165) is 17.5 Å². The molecule has 184 valence electrons. The number of carbonyl (C=O) groups excluding carboxylic acids is 1. The maximum atomic E-state index is 13.1. The Morgan fingerprint density at radius 1 is 1.12 bits per heavy atom. The highest BCUT2D eigenvalue weighted by atomic mass is 32.2. The number of methoxy groups -OCH3 is 1. The molecular weight excluding hydrogens is 454 g/mol. The van der Waals surface area contributed by atoms with Gasteiger partial charge in [-0.3, -0.25) is 9.52 Å². The molecule has 2 aromatic carbocycles. The minimum absolute atomic E-state index is 0.0564. The second kappa shape index (κ2) is 11.5. The third kappa shape index (κ3) is 6.82. The van der Waals surface area contributed by atoms with Crippen LogP contribution in [0.4, 0.5) is 5.69 Å². The number of nitrogens with one attached hydrogen (secondary N) is 2. The van der Waals surface area contributed by atoms with Gasteiger partial charge in [0.1, 0.15) is 18.0 Å². The largest absolute Gasteiger partial charge is 0.486 e. The van der Waals surface area contributed by atoms with Crippen LogP contribution in [0, 0.1) is 13.8 Å². The molecule has 1 fully saturated rings. The lowest BCUT2D eigenvalue weighted by Gasteiger charge is -2.19. The van der Waals surface area contributed by atoms with Crippen LogP contribution in [0.5, 0.6) is 5.75 Å². The quantitative estimate of drug-likeness (QED) is 0.501. The second-order valence-electron chi connectivity index (χ2n) is 8.32. The van der Waals surface area contributed by atoms with Crippen LogP contribution in [0.3, 0.4) is 0 Å². The van der Waals surface area contributed by atoms with E-state index < -0.39 is 10.2 Å². The number of likely N-dealkylation sites (tertiary alicyclic amines) is 1. The zero-order valence-electron chi connectivity index (χ0n) is 20.1. The Labute approximate surface area is 202 Å². The van der Waals surface area contributed by atoms with Crippen molar-refractivity contribution in [3.63, 3.8) is 0 Å². The first-order chi connectivity index (χ1) is 16.2. The number of carbonyl (C=O) groups is 1. The fourth-order valence-electron chi connectivity index (χ4n) is 3.79. The Balaban J connectivity index is 1.67. The van der Waals surface area contributed by atoms with E-state index in [2.05, 4.69) is 9.44 Å². The van der Waals surface area contributed by atoms with Gasteiger partial charge < -0.3 is 14.4 Å². The van der Waals surface area contributed by atoms with Gasteiger partial charge in [0.25, 0.3) is 16.1 Å². The molecule has 1 aliphatic heterocycles. The highest BCUT2D eigenvalue weighted by molar-refractivity contribution is 7.90. The minimum atomic E-state index is -3.72. The molecule has 0 radical (unpaired) electrons. The van der Waals surface area contributed by atoms with Crippen molar-refractivity contribution in [3.05, 3.63) is 71.3 Å². The highest BCUT2D eigenvalue weighted by Gasteiger charge is 2.37. The monoisotopic (exact) mass is 487 g/mol. The molecule has 9 heteroatoms. The van der Waals surface area contributed by atoms with Crippen LogP contribution < -0.4 is 14.2 Å². The normalized spacial score (nSPS) is 18.4. The molecule has 3 rings (SSSR count). The first kappa shape index (κ1) is 25.7. The van der Waals surface area contributed by atoms with Gasteiger partial charge in [0, 0.05) is 25.3 Å². The number of aryl methyl sites for hydroxylation is 2. The number of amides is 1. The third-order valence-electron chi connectivity index (χ3n) is 5.60. The van der Waals surface area contributed by atoms with E-state index in [1.54, 1.807) is 42.4 Å². The number of benzene rings is 2. The number of nitrogens with zero attached hydrogens (tertiary/aromatic N) is 1. The van der Waals surface area contributed by atoms with Crippen LogP contribution in [0.25, 0.3) is 0 Å². The van der Waals surface area contributed by atoms with Gasteiger partial charge in [0.05, 0.1) is 18.8 Å². The maximum absolute atomic E-state index is 13.1. The lowest BCUT2D eigenvalue weighted by atomic mass is 10.0. The molecule has 2 aromatic rings. The summed E-state index contributed by atoms with van der Waals surface area (Å²) >= 11 is 0. The van der Waals surface area contributed by atoms with Crippen LogP contribution in [-0.4, -0.2) is 58.2 Å². The average Bonchev–Trinajstić information content (AvgIpc) is 3.20. The minimum Gasteiger partial charge on any atom is -0.486 e. The molecule has 2 atom stereocenters. The van der Waals surface area contributed by atoms with Gasteiger partial charge in [-0.15, -0.1) is 0 Å². The molecule has 1 saturated heterocycles. The number of allylic oxidation sites excluding steroid dienone is 1. The first-order valence-corrected chi connectivity index (χ1v) is 12.8. The fraction of sp³-hybridized carbons (Fsp3) is 0.400. The van der Waals surface area contributed by atoms with Crippen molar-refractivity contribution in [2.24, 2.45) is 0 Å². The molecule has 0 aliphatic carbocycles. The van der Waals surface area contributed by atoms with Crippen LogP contribution in [0.15, 0.2) is 54.6 Å². The van der Waals surface area contributed by atoms with E-state index in [1.807, 2.05) is 45.0 Å². The van der Waals surface area contributed by atoms with Gasteiger partial charge in [0.2, 0.25) is 0 Å². The van der Waals surface area contributed by atoms with Crippen LogP contribution >= 0.6 is 0 Å². The Bertz CT molecular complexity index is 1130. The Kier molecular flexibility index (Phi) is 8.71. The van der Waals surface area contributed by atoms with Crippen molar-refractivity contribution in [1.29, 1.82) is 0 Å². The van der Waals surface area contributed by atoms with Crippen molar-refractivity contribution in [2.75, 3.05) is 31.5 Å². The molecule has 0 spiro atoms. The third-order valence-corrected chi connectivity index (χ3v) is 6.65. The molecule has 34 heavy (non-hydrogen) atoms. The topological polar surface area (TPSA) is 97.0 Å². The number of ether oxygens (including phenoxy) is 2. The Hall–Kier alpha value is -2.88. The van der Waals surface area contributed by atoms with E-state index >= 15 is 0 Å². The standard InChI is InChI=1S/C25H33N3O5S/c1-5-6-7-13-26-34(30,31)27-20-9-8-10-21(15-20)33-24-17-28(16-23(24)32-4)25(29)22-14-18(2)11-12-19(22)3/h6-12,14-15,23-24,26-27H,5,13,16-17H2,1-4H3/b7-6-. The number of hydrogen-bond acceptors (Lipinski definition) is 5. The lowest BCUT2D eigenvalue weighted by molar-refractivity contribution is 0.0340. The number of anilines is 1. The van der Waals surface area contributed by atoms with Crippen molar-refractivity contribution in [1.82, 2.24) is 9.62 Å². The summed E-state index contributed by atoms with van der Waals surface area (Å²) in [7, 11) is -2.12. The highest BCUT2D eigenvalue weighted by Crippen LogP contribution is 2.25. The molecule has 0 aromatic heterocycles. The summed E-state index contributed by atoms with van der Waals surface area (Å²) in [6.07, 6.45) is 3.80. The Morgan fingerprint density at radius 3 is 2.62 bits per heavy atom. The van der Waals surface area contributed by atoms with Crippen LogP contribution in [-0.2, 0) is 14.9 Å². The number of rotatable bonds is 10. The zero-order chi connectivity index (χ0) is 24.7. The molecule has 2 N–H and O–H groups in total. The smallest absolute Gasteiger partial charge is 0.299 e. The summed E-state index contributed by atoms with van der Waals surface area (Å²) in [6.45, 7) is 6.85. The summed E-state index contributed by atoms with van der Waals surface area (Å²) < 4.78 is 41.2. The van der Waals surface area contributed by atoms with Gasteiger partial charge in [-0.05, 0) is 44.0 Å². The van der Waals surface area contributed by atoms with E-state index in [0.29, 0.717) is 30.1 Å². The summed E-state index contributed by atoms with van der Waals surface area (Å²) in [5.74, 6) is 0.429. The van der Waals surface area contributed by atoms with Gasteiger partial charge in [-0.1, -0.05) is 42.8 Å². The molecule has 1 aliphatic rings. The maximum Gasteiger partial charge on any atom is 0.299 e. The van der Waals surface area contributed by atoms with E-state index in [4.69, 9.17) is 9.47 Å². The zero-order valence-corrected chi connectivity index (χ0v) is 20.9. The fourth-order valence-corrected chi connectivity index (χ4v) is 4.62. The lowest BCUT2D eigenvalue weighted by Crippen LogP contribution is -2.32. The molecule has 1 amide bonds. The van der Waals surface area contributed by atoms with Crippen molar-refractivity contribution in [2.45, 2.75) is 39.4 Å². The predicted octanol–water partition coefficient (Wildman–Crippen LogP) is 3.43. The van der Waals surface area contributed by atoms with E-state index in [1.165, 1.54) is 0 Å². The summed E-state index contributed by atoms with van der Waals surface area (Å²) in [6, 6.07) is 12.5. The van der Waals surface area contributed by atoms with Crippen molar-refractivity contribution in [3.8, 4) is 5.75 Å². The second-order valence-corrected chi connectivity index (χ2v) is 9.82. The molecule has 0 saturated carbocycles. The molecule has 8 nitrogen and oxygen atoms in total. The molecule has 1 heterocycles. The predicted molar refractivity (Wildman–Crippen MR) is 133 cm³/mol. The van der Waals surface area contributed by atoms with Crippen molar-refractivity contribution >= 4 is 21.8 Å². The molecule has 0 bridgehead atoms. The summed E-state index contributed by atoms with van der Waals surface area (Å²) in [5, 5.41) is 0. The SMILES string of the molecule is CC/C=C\CNS(=O)(=O)Nc1cccc(OC2CN(C(=O)c3cc(C)ccc3C)CC2OC)c1. The summed E-state index contributed by atoms with van der Waals surface area (Å²) in [4.78, 5) is 14.9. The molecular formula is C25H33N3O5S. The van der Waals surface area contributed by atoms with Gasteiger partial charge in [-0.25, -0.2) is 0 Å². The summed E-state index contributed by atoms with van der Waals surface area (Å²) in [5.41, 5.74) is 3.00. The molecule has 2 unspecified atom stereocenters.